The highest BCUT2D eigenvalue weighted by molar-refractivity contribution is 7.94. The molecule has 0 atom stereocenters. The first-order valence-corrected chi connectivity index (χ1v) is 12.3. The third kappa shape index (κ3) is 5.52. The predicted octanol–water partition coefficient (Wildman–Crippen LogP) is 4.57. The monoisotopic (exact) mass is 478 g/mol. The quantitative estimate of drug-likeness (QED) is 0.481. The Morgan fingerprint density at radius 2 is 1.71 bits per heavy atom. The van der Waals surface area contributed by atoms with Crippen LogP contribution in [0.15, 0.2) is 52.9 Å². The van der Waals surface area contributed by atoms with Crippen molar-refractivity contribution in [1.29, 1.82) is 0 Å². The number of benzene rings is 2. The topological polar surface area (TPSA) is 110 Å². The number of halogens is 1. The molecule has 1 amide bonds. The molecule has 11 heteroatoms. The molecule has 0 spiro atoms. The highest BCUT2D eigenvalue weighted by Crippen LogP contribution is 2.27. The smallest absolute Gasteiger partial charge is 0.291 e. The Kier molecular flexibility index (Phi) is 6.40. The molecule has 0 aliphatic heterocycles. The highest BCUT2D eigenvalue weighted by Gasteiger charge is 2.22. The second-order valence-corrected chi connectivity index (χ2v) is 10.3. The summed E-state index contributed by atoms with van der Waals surface area (Å²) < 4.78 is 33.3. The third-order valence-electron chi connectivity index (χ3n) is 4.67. The second kappa shape index (κ2) is 9.21. The van der Waals surface area contributed by atoms with Gasteiger partial charge in [0.05, 0.1) is 6.10 Å². The van der Waals surface area contributed by atoms with E-state index in [0.29, 0.717) is 22.0 Å². The van der Waals surface area contributed by atoms with Crippen molar-refractivity contribution in [3.8, 4) is 5.75 Å². The Hall–Kier alpha value is -2.69. The number of carbonyl (C=O) groups excluding carboxylic acids is 1. The van der Waals surface area contributed by atoms with Crippen molar-refractivity contribution in [2.45, 2.75) is 36.1 Å². The van der Waals surface area contributed by atoms with Gasteiger partial charge in [0.15, 0.2) is 0 Å². The molecule has 0 unspecified atom stereocenters. The summed E-state index contributed by atoms with van der Waals surface area (Å²) in [5, 5.41) is 10.5. The fourth-order valence-electron chi connectivity index (χ4n) is 3.14. The number of carbonyl (C=O) groups is 1. The third-order valence-corrected chi connectivity index (χ3v) is 7.51. The van der Waals surface area contributed by atoms with Crippen molar-refractivity contribution in [2.75, 3.05) is 10.0 Å². The van der Waals surface area contributed by atoms with Gasteiger partial charge in [-0.1, -0.05) is 22.9 Å². The summed E-state index contributed by atoms with van der Waals surface area (Å²) in [6.45, 7) is 0. The van der Waals surface area contributed by atoms with Gasteiger partial charge in [0.2, 0.25) is 5.13 Å². The van der Waals surface area contributed by atoms with Crippen LogP contribution in [0.2, 0.25) is 5.02 Å². The molecule has 1 aliphatic rings. The van der Waals surface area contributed by atoms with Gasteiger partial charge in [0.1, 0.15) is 5.75 Å². The van der Waals surface area contributed by atoms with E-state index in [2.05, 4.69) is 20.2 Å². The van der Waals surface area contributed by atoms with Gasteiger partial charge in [-0.05, 0) is 74.2 Å². The number of nitrogens with zero attached hydrogens (tertiary/aromatic N) is 2. The minimum Gasteiger partial charge on any atom is -0.490 e. The van der Waals surface area contributed by atoms with E-state index in [0.717, 1.165) is 24.2 Å². The normalized spacial score (nSPS) is 14.4. The van der Waals surface area contributed by atoms with Gasteiger partial charge < -0.3 is 4.74 Å². The molecule has 0 bridgehead atoms. The van der Waals surface area contributed by atoms with Gasteiger partial charge in [-0.3, -0.25) is 14.8 Å². The van der Waals surface area contributed by atoms with Crippen molar-refractivity contribution in [3.63, 3.8) is 0 Å². The first-order chi connectivity index (χ1) is 14.9. The number of sulfonamides is 1. The molecule has 8 nitrogen and oxygen atoms in total. The molecule has 1 aromatic heterocycles. The maximum Gasteiger partial charge on any atom is 0.291 e. The number of ether oxygens (including phenoxy) is 1. The number of anilines is 2. The van der Waals surface area contributed by atoms with E-state index in [-0.39, 0.29) is 15.6 Å². The molecule has 2 N–H and O–H groups in total. The maximum atomic E-state index is 12.6. The average Bonchev–Trinajstić information content (AvgIpc) is 3.42. The van der Waals surface area contributed by atoms with E-state index in [1.807, 2.05) is 0 Å². The summed E-state index contributed by atoms with van der Waals surface area (Å²) >= 11 is 6.56. The highest BCUT2D eigenvalue weighted by atomic mass is 35.5. The lowest BCUT2D eigenvalue weighted by Crippen LogP contribution is -2.13. The number of rotatable bonds is 7. The zero-order valence-electron chi connectivity index (χ0n) is 16.2. The minimum absolute atomic E-state index is 0.0700. The Balaban J connectivity index is 1.39. The molecule has 0 radical (unpaired) electrons. The van der Waals surface area contributed by atoms with E-state index < -0.39 is 15.9 Å². The van der Waals surface area contributed by atoms with Crippen molar-refractivity contribution < 1.29 is 17.9 Å². The fourth-order valence-corrected chi connectivity index (χ4v) is 5.22. The van der Waals surface area contributed by atoms with Gasteiger partial charge in [-0.25, -0.2) is 0 Å². The summed E-state index contributed by atoms with van der Waals surface area (Å²) in [5.74, 6) is 0.264. The van der Waals surface area contributed by atoms with E-state index in [1.54, 1.807) is 48.5 Å². The zero-order valence-corrected chi connectivity index (χ0v) is 18.6. The molecule has 0 saturated heterocycles. The zero-order chi connectivity index (χ0) is 21.8. The first-order valence-electron chi connectivity index (χ1n) is 9.59. The molecule has 2 aromatic carbocycles. The van der Waals surface area contributed by atoms with Crippen molar-refractivity contribution in [3.05, 3.63) is 59.1 Å². The van der Waals surface area contributed by atoms with Crippen LogP contribution in [0.5, 0.6) is 5.75 Å². The lowest BCUT2D eigenvalue weighted by atomic mass is 10.2. The van der Waals surface area contributed by atoms with Crippen LogP contribution in [0.1, 0.15) is 36.0 Å². The van der Waals surface area contributed by atoms with Crippen molar-refractivity contribution in [2.24, 2.45) is 0 Å². The van der Waals surface area contributed by atoms with Gasteiger partial charge in [-0.2, -0.15) is 8.42 Å². The number of aromatic nitrogens is 2. The number of amides is 1. The van der Waals surface area contributed by atoms with Crippen LogP contribution >= 0.6 is 22.9 Å². The first kappa shape index (κ1) is 21.5. The van der Waals surface area contributed by atoms with Gasteiger partial charge in [0.25, 0.3) is 20.3 Å². The standard InChI is InChI=1S/C20H19ClN4O4S2/c21-14-7-5-13(6-8-14)18(26)22-19-23-24-20(30-19)31(27,28)25-15-9-11-17(12-10-15)29-16-3-1-2-4-16/h5-12,16,25H,1-4H2,(H,22,23,26). The van der Waals surface area contributed by atoms with Crippen LogP contribution in [0.25, 0.3) is 0 Å². The van der Waals surface area contributed by atoms with Gasteiger partial charge in [-0.15, -0.1) is 10.2 Å². The summed E-state index contributed by atoms with van der Waals surface area (Å²) in [6, 6.07) is 13.0. The second-order valence-electron chi connectivity index (χ2n) is 6.99. The maximum absolute atomic E-state index is 12.6. The molecule has 1 aliphatic carbocycles. The molecular weight excluding hydrogens is 460 g/mol. The lowest BCUT2D eigenvalue weighted by Gasteiger charge is -2.13. The van der Waals surface area contributed by atoms with Crippen LogP contribution in [0.3, 0.4) is 0 Å². The predicted molar refractivity (Wildman–Crippen MR) is 119 cm³/mol. The Morgan fingerprint density at radius 3 is 2.39 bits per heavy atom. The van der Waals surface area contributed by atoms with Crippen LogP contribution in [-0.4, -0.2) is 30.6 Å². The Labute approximate surface area is 188 Å². The Bertz CT molecular complexity index is 1160. The van der Waals surface area contributed by atoms with Crippen LogP contribution < -0.4 is 14.8 Å². The van der Waals surface area contributed by atoms with E-state index >= 15 is 0 Å². The van der Waals surface area contributed by atoms with Crippen molar-refractivity contribution in [1.82, 2.24) is 10.2 Å². The number of hydrogen-bond acceptors (Lipinski definition) is 7. The molecular formula is C20H19ClN4O4S2. The van der Waals surface area contributed by atoms with Gasteiger partial charge in [0, 0.05) is 16.3 Å². The summed E-state index contributed by atoms with van der Waals surface area (Å²) in [7, 11) is -3.95. The largest absolute Gasteiger partial charge is 0.490 e. The summed E-state index contributed by atoms with van der Waals surface area (Å²) in [6.07, 6.45) is 4.66. The molecule has 162 valence electrons. The van der Waals surface area contributed by atoms with E-state index in [9.17, 15) is 13.2 Å². The minimum atomic E-state index is -3.95. The van der Waals surface area contributed by atoms with Crippen LogP contribution in [0.4, 0.5) is 10.8 Å². The molecule has 4 rings (SSSR count). The number of nitrogens with one attached hydrogen (secondary N) is 2. The van der Waals surface area contributed by atoms with Crippen LogP contribution in [-0.2, 0) is 10.0 Å². The van der Waals surface area contributed by atoms with Crippen LogP contribution in [0, 0.1) is 0 Å². The molecule has 31 heavy (non-hydrogen) atoms. The molecule has 1 fully saturated rings. The molecule has 3 aromatic rings. The summed E-state index contributed by atoms with van der Waals surface area (Å²) in [5.41, 5.74) is 0.739. The van der Waals surface area contributed by atoms with E-state index in [4.69, 9.17) is 16.3 Å². The lowest BCUT2D eigenvalue weighted by molar-refractivity contribution is 0.102. The summed E-state index contributed by atoms with van der Waals surface area (Å²) in [4.78, 5) is 12.2. The molecule has 1 saturated carbocycles. The average molecular weight is 479 g/mol. The number of hydrogen-bond donors (Lipinski definition) is 2. The Morgan fingerprint density at radius 1 is 1.03 bits per heavy atom. The SMILES string of the molecule is O=C(Nc1nnc(S(=O)(=O)Nc2ccc(OC3CCCC3)cc2)s1)c1ccc(Cl)cc1. The van der Waals surface area contributed by atoms with E-state index in [1.165, 1.54) is 12.8 Å². The fraction of sp³-hybridized carbons (Fsp3) is 0.250. The van der Waals surface area contributed by atoms with Gasteiger partial charge >= 0.3 is 0 Å². The van der Waals surface area contributed by atoms with Crippen molar-refractivity contribution >= 4 is 49.7 Å². The molecule has 1 heterocycles.